The number of rotatable bonds is 5. The Morgan fingerprint density at radius 2 is 1.94 bits per heavy atom. The van der Waals surface area contributed by atoms with E-state index >= 15 is 0 Å². The van der Waals surface area contributed by atoms with E-state index in [1.165, 1.54) is 12.8 Å². The predicted octanol–water partition coefficient (Wildman–Crippen LogP) is 2.88. The highest BCUT2D eigenvalue weighted by Gasteiger charge is 2.54. The van der Waals surface area contributed by atoms with Crippen molar-refractivity contribution >= 4 is 5.78 Å². The SMILES string of the molecule is CCCCCC1=C(CO)[C@H]2[C@@H](C1=O)[C@@H]1C=C[C@H]2C1. The lowest BCUT2D eigenvalue weighted by atomic mass is 9.82. The summed E-state index contributed by atoms with van der Waals surface area (Å²) in [6, 6.07) is 0. The molecule has 3 aliphatic carbocycles. The van der Waals surface area contributed by atoms with Gasteiger partial charge in [0.2, 0.25) is 0 Å². The molecule has 0 heterocycles. The van der Waals surface area contributed by atoms with E-state index in [0.29, 0.717) is 23.5 Å². The maximum absolute atomic E-state index is 12.5. The molecule has 1 fully saturated rings. The van der Waals surface area contributed by atoms with Gasteiger partial charge < -0.3 is 5.11 Å². The third-order valence-electron chi connectivity index (χ3n) is 5.05. The first kappa shape index (κ1) is 12.2. The topological polar surface area (TPSA) is 37.3 Å². The van der Waals surface area contributed by atoms with Gasteiger partial charge in [0.25, 0.3) is 0 Å². The number of hydrogen-bond donors (Lipinski definition) is 1. The fraction of sp³-hybridized carbons (Fsp3) is 0.688. The highest BCUT2D eigenvalue weighted by atomic mass is 16.3. The molecule has 2 heteroatoms. The summed E-state index contributed by atoms with van der Waals surface area (Å²) >= 11 is 0. The molecule has 0 spiro atoms. The molecule has 0 aromatic rings. The van der Waals surface area contributed by atoms with Crippen molar-refractivity contribution < 1.29 is 9.90 Å². The summed E-state index contributed by atoms with van der Waals surface area (Å²) in [6.45, 7) is 2.27. The summed E-state index contributed by atoms with van der Waals surface area (Å²) in [5, 5.41) is 9.65. The highest BCUT2D eigenvalue weighted by molar-refractivity contribution is 6.02. The van der Waals surface area contributed by atoms with Crippen LogP contribution in [0.3, 0.4) is 0 Å². The number of carbonyl (C=O) groups excluding carboxylic acids is 1. The van der Waals surface area contributed by atoms with Crippen LogP contribution in [-0.2, 0) is 4.79 Å². The standard InChI is InChI=1S/C16H22O2/c1-2-3-4-5-12-13(9-17)14-10-6-7-11(8-10)15(14)16(12)18/h6-7,10-11,14-15,17H,2-5,8-9H2,1H3/t10-,11+,14-,15-/m0/s1. The molecule has 0 aromatic carbocycles. The zero-order valence-electron chi connectivity index (χ0n) is 11.1. The molecule has 0 unspecified atom stereocenters. The van der Waals surface area contributed by atoms with Gasteiger partial charge in [0.05, 0.1) is 6.61 Å². The number of unbranched alkanes of at least 4 members (excludes halogenated alkanes) is 2. The van der Waals surface area contributed by atoms with Crippen molar-refractivity contribution in [3.63, 3.8) is 0 Å². The van der Waals surface area contributed by atoms with Crippen LogP contribution in [0.2, 0.25) is 0 Å². The van der Waals surface area contributed by atoms with Gasteiger partial charge in [-0.15, -0.1) is 0 Å². The first-order valence-electron chi connectivity index (χ1n) is 7.33. The third-order valence-corrected chi connectivity index (χ3v) is 5.05. The molecule has 4 atom stereocenters. The van der Waals surface area contributed by atoms with E-state index in [2.05, 4.69) is 19.1 Å². The van der Waals surface area contributed by atoms with E-state index in [4.69, 9.17) is 0 Å². The van der Waals surface area contributed by atoms with Crippen LogP contribution < -0.4 is 0 Å². The van der Waals surface area contributed by atoms with Crippen molar-refractivity contribution in [1.29, 1.82) is 0 Å². The van der Waals surface area contributed by atoms with Gasteiger partial charge in [0, 0.05) is 5.92 Å². The van der Waals surface area contributed by atoms with E-state index < -0.39 is 0 Å². The Bertz CT molecular complexity index is 419. The predicted molar refractivity (Wildman–Crippen MR) is 71.0 cm³/mol. The molecule has 2 nitrogen and oxygen atoms in total. The molecular formula is C16H22O2. The van der Waals surface area contributed by atoms with Gasteiger partial charge >= 0.3 is 0 Å². The fourth-order valence-corrected chi connectivity index (χ4v) is 4.25. The average molecular weight is 246 g/mol. The first-order valence-corrected chi connectivity index (χ1v) is 7.33. The smallest absolute Gasteiger partial charge is 0.163 e. The van der Waals surface area contributed by atoms with Gasteiger partial charge in [-0.05, 0) is 48.2 Å². The number of Topliss-reactive ketones (excluding diaryl/α,β-unsaturated/α-hetero) is 1. The van der Waals surface area contributed by atoms with Gasteiger partial charge in [-0.25, -0.2) is 0 Å². The molecule has 98 valence electrons. The minimum absolute atomic E-state index is 0.0887. The van der Waals surface area contributed by atoms with Crippen LogP contribution in [0.4, 0.5) is 0 Å². The number of fused-ring (bicyclic) bond motifs is 5. The molecule has 1 N–H and O–H groups in total. The van der Waals surface area contributed by atoms with Crippen LogP contribution >= 0.6 is 0 Å². The Morgan fingerprint density at radius 3 is 2.61 bits per heavy atom. The summed E-state index contributed by atoms with van der Waals surface area (Å²) in [4.78, 5) is 12.5. The number of carbonyl (C=O) groups is 1. The molecule has 3 rings (SSSR count). The van der Waals surface area contributed by atoms with E-state index in [9.17, 15) is 9.90 Å². The van der Waals surface area contributed by atoms with Crippen molar-refractivity contribution in [2.45, 2.75) is 39.0 Å². The van der Waals surface area contributed by atoms with Crippen LogP contribution in [0.15, 0.2) is 23.3 Å². The normalized spacial score (nSPS) is 36.9. The van der Waals surface area contributed by atoms with E-state index in [0.717, 1.165) is 30.4 Å². The Hall–Kier alpha value is -0.890. The van der Waals surface area contributed by atoms with E-state index in [1.807, 2.05) is 0 Å². The Morgan fingerprint density at radius 1 is 1.22 bits per heavy atom. The second kappa shape index (κ2) is 4.65. The average Bonchev–Trinajstić information content (AvgIpc) is 3.03. The van der Waals surface area contributed by atoms with E-state index in [1.54, 1.807) is 0 Å². The lowest BCUT2D eigenvalue weighted by Gasteiger charge is -2.21. The Balaban J connectivity index is 1.83. The summed E-state index contributed by atoms with van der Waals surface area (Å²) in [5.41, 5.74) is 2.07. The second-order valence-corrected chi connectivity index (χ2v) is 5.98. The molecule has 1 saturated carbocycles. The van der Waals surface area contributed by atoms with Gasteiger partial charge in [-0.2, -0.15) is 0 Å². The molecule has 2 bridgehead atoms. The maximum atomic E-state index is 12.5. The van der Waals surface area contributed by atoms with Crippen molar-refractivity contribution in [2.24, 2.45) is 23.7 Å². The number of aliphatic hydroxyl groups excluding tert-OH is 1. The molecular weight excluding hydrogens is 224 g/mol. The molecule has 0 aromatic heterocycles. The van der Waals surface area contributed by atoms with Crippen molar-refractivity contribution in [2.75, 3.05) is 6.61 Å². The molecule has 0 amide bonds. The second-order valence-electron chi connectivity index (χ2n) is 5.98. The third kappa shape index (κ3) is 1.62. The number of hydrogen-bond acceptors (Lipinski definition) is 2. The Kier molecular flexibility index (Phi) is 3.14. The van der Waals surface area contributed by atoms with Crippen molar-refractivity contribution in [1.82, 2.24) is 0 Å². The molecule has 0 saturated heterocycles. The zero-order valence-corrected chi connectivity index (χ0v) is 11.1. The maximum Gasteiger partial charge on any atom is 0.163 e. The van der Waals surface area contributed by atoms with E-state index in [-0.39, 0.29) is 12.5 Å². The molecule has 3 aliphatic rings. The summed E-state index contributed by atoms with van der Waals surface area (Å²) < 4.78 is 0. The zero-order chi connectivity index (χ0) is 12.7. The largest absolute Gasteiger partial charge is 0.392 e. The number of allylic oxidation sites excluding steroid dienone is 3. The Labute approximate surface area is 109 Å². The lowest BCUT2D eigenvalue weighted by molar-refractivity contribution is -0.119. The minimum Gasteiger partial charge on any atom is -0.392 e. The van der Waals surface area contributed by atoms with Crippen LogP contribution in [0.5, 0.6) is 0 Å². The van der Waals surface area contributed by atoms with Crippen LogP contribution in [0.25, 0.3) is 0 Å². The molecule has 18 heavy (non-hydrogen) atoms. The van der Waals surface area contributed by atoms with Crippen LogP contribution in [0, 0.1) is 23.7 Å². The van der Waals surface area contributed by atoms with Gasteiger partial charge in [-0.3, -0.25) is 4.79 Å². The monoisotopic (exact) mass is 246 g/mol. The summed E-state index contributed by atoms with van der Waals surface area (Å²) in [7, 11) is 0. The lowest BCUT2D eigenvalue weighted by Crippen LogP contribution is -2.22. The minimum atomic E-state index is 0.0887. The molecule has 0 radical (unpaired) electrons. The first-order chi connectivity index (χ1) is 8.77. The van der Waals surface area contributed by atoms with Crippen LogP contribution in [0.1, 0.15) is 39.0 Å². The van der Waals surface area contributed by atoms with Crippen molar-refractivity contribution in [3.8, 4) is 0 Å². The highest BCUT2D eigenvalue weighted by Crippen LogP contribution is 2.56. The number of aliphatic hydroxyl groups is 1. The van der Waals surface area contributed by atoms with Gasteiger partial charge in [0.1, 0.15) is 0 Å². The number of ketones is 1. The molecule has 0 aliphatic heterocycles. The quantitative estimate of drug-likeness (QED) is 0.598. The van der Waals surface area contributed by atoms with Crippen molar-refractivity contribution in [3.05, 3.63) is 23.3 Å². The summed E-state index contributed by atoms with van der Waals surface area (Å²) in [6.07, 6.45) is 9.95. The van der Waals surface area contributed by atoms with Gasteiger partial charge in [0.15, 0.2) is 5.78 Å². The summed E-state index contributed by atoms with van der Waals surface area (Å²) in [5.74, 6) is 1.86. The van der Waals surface area contributed by atoms with Gasteiger partial charge in [-0.1, -0.05) is 31.9 Å². The van der Waals surface area contributed by atoms with Crippen LogP contribution in [-0.4, -0.2) is 17.5 Å². The fourth-order valence-electron chi connectivity index (χ4n) is 4.25.